The summed E-state index contributed by atoms with van der Waals surface area (Å²) in [6, 6.07) is 0. The number of thiocarbonyl (C=S) groups is 1. The monoisotopic (exact) mass is 303 g/mol. The molecular weight excluding hydrogens is 286 g/mol. The highest BCUT2D eigenvalue weighted by Gasteiger charge is 2.62. The minimum atomic E-state index is -2.29. The standard InChI is InChI=1S/C12H17NO6S/c1-11(2,3)19-10(17)13-6-5-7(20)12(13,8(14)15)9(16)18-4/h5-6H2,1-4H3,(H,14,15)/t12-/m0/s1. The lowest BCUT2D eigenvalue weighted by atomic mass is 9.96. The van der Waals surface area contributed by atoms with Gasteiger partial charge in [0.1, 0.15) is 5.60 Å². The van der Waals surface area contributed by atoms with Crippen LogP contribution < -0.4 is 0 Å². The predicted molar refractivity (Wildman–Crippen MR) is 72.5 cm³/mol. The average Bonchev–Trinajstić information content (AvgIpc) is 2.64. The van der Waals surface area contributed by atoms with Crippen molar-refractivity contribution in [3.8, 4) is 0 Å². The van der Waals surface area contributed by atoms with E-state index in [4.69, 9.17) is 17.0 Å². The first kappa shape index (κ1) is 16.4. The summed E-state index contributed by atoms with van der Waals surface area (Å²) in [6.07, 6.45) is -0.791. The largest absolute Gasteiger partial charge is 0.479 e. The molecule has 1 atom stereocenters. The molecule has 1 amide bonds. The number of carbonyl (C=O) groups excluding carboxylic acids is 2. The molecule has 8 heteroatoms. The highest BCUT2D eigenvalue weighted by atomic mass is 32.1. The summed E-state index contributed by atoms with van der Waals surface area (Å²) < 4.78 is 9.65. The molecule has 7 nitrogen and oxygen atoms in total. The van der Waals surface area contributed by atoms with E-state index in [-0.39, 0.29) is 17.8 Å². The number of carboxylic acids is 1. The molecule has 1 N–H and O–H groups in total. The van der Waals surface area contributed by atoms with Crippen molar-refractivity contribution >= 4 is 35.1 Å². The Bertz CT molecular complexity index is 469. The third-order valence-electron chi connectivity index (χ3n) is 2.78. The second-order valence-electron chi connectivity index (χ2n) is 5.31. The van der Waals surface area contributed by atoms with Crippen molar-refractivity contribution in [2.45, 2.75) is 38.3 Å². The molecule has 0 aromatic heterocycles. The van der Waals surface area contributed by atoms with Crippen molar-refractivity contribution in [3.05, 3.63) is 0 Å². The molecule has 1 aliphatic rings. The van der Waals surface area contributed by atoms with Gasteiger partial charge in [0.15, 0.2) is 0 Å². The number of carbonyl (C=O) groups is 3. The maximum Gasteiger partial charge on any atom is 0.411 e. The predicted octanol–water partition coefficient (Wildman–Crippen LogP) is 0.993. The number of carboxylic acid groups (broad SMARTS) is 1. The number of rotatable bonds is 2. The molecule has 112 valence electrons. The van der Waals surface area contributed by atoms with Gasteiger partial charge in [0, 0.05) is 17.8 Å². The van der Waals surface area contributed by atoms with E-state index in [1.54, 1.807) is 20.8 Å². The van der Waals surface area contributed by atoms with E-state index in [1.165, 1.54) is 0 Å². The molecule has 1 heterocycles. The number of likely N-dealkylation sites (tertiary alicyclic amines) is 1. The van der Waals surface area contributed by atoms with Gasteiger partial charge in [0.05, 0.1) is 7.11 Å². The molecule has 1 rings (SSSR count). The van der Waals surface area contributed by atoms with Crippen molar-refractivity contribution in [1.29, 1.82) is 0 Å². The number of hydrogen-bond acceptors (Lipinski definition) is 6. The first-order valence-corrected chi connectivity index (χ1v) is 6.34. The molecule has 0 aromatic rings. The molecule has 0 radical (unpaired) electrons. The Morgan fingerprint density at radius 2 is 1.90 bits per heavy atom. The lowest BCUT2D eigenvalue weighted by molar-refractivity contribution is -0.162. The zero-order valence-corrected chi connectivity index (χ0v) is 12.6. The smallest absolute Gasteiger partial charge is 0.411 e. The van der Waals surface area contributed by atoms with Gasteiger partial charge in [-0.2, -0.15) is 0 Å². The lowest BCUT2D eigenvalue weighted by Gasteiger charge is -2.33. The van der Waals surface area contributed by atoms with Crippen LogP contribution in [0.2, 0.25) is 0 Å². The molecule has 1 fully saturated rings. The van der Waals surface area contributed by atoms with Crippen LogP contribution in [0.4, 0.5) is 4.79 Å². The van der Waals surface area contributed by atoms with Crippen LogP contribution in [0.5, 0.6) is 0 Å². The summed E-state index contributed by atoms with van der Waals surface area (Å²) in [4.78, 5) is 36.4. The van der Waals surface area contributed by atoms with E-state index < -0.39 is 29.2 Å². The first-order valence-electron chi connectivity index (χ1n) is 5.93. The zero-order valence-electron chi connectivity index (χ0n) is 11.8. The maximum atomic E-state index is 12.1. The third-order valence-corrected chi connectivity index (χ3v) is 3.27. The van der Waals surface area contributed by atoms with Gasteiger partial charge >= 0.3 is 18.0 Å². The highest BCUT2D eigenvalue weighted by molar-refractivity contribution is 7.80. The van der Waals surface area contributed by atoms with Crippen LogP contribution in [0, 0.1) is 0 Å². The van der Waals surface area contributed by atoms with Crippen LogP contribution >= 0.6 is 12.2 Å². The Morgan fingerprint density at radius 3 is 2.30 bits per heavy atom. The van der Waals surface area contributed by atoms with Crippen molar-refractivity contribution < 1.29 is 29.0 Å². The van der Waals surface area contributed by atoms with E-state index in [2.05, 4.69) is 4.74 Å². The molecule has 0 spiro atoms. The van der Waals surface area contributed by atoms with Gasteiger partial charge in [-0.05, 0) is 20.8 Å². The Labute approximate surface area is 121 Å². The summed E-state index contributed by atoms with van der Waals surface area (Å²) in [7, 11) is 1.04. The topological polar surface area (TPSA) is 93.1 Å². The van der Waals surface area contributed by atoms with E-state index in [1.807, 2.05) is 0 Å². The first-order chi connectivity index (χ1) is 9.07. The van der Waals surface area contributed by atoms with Gasteiger partial charge in [0.2, 0.25) is 0 Å². The highest BCUT2D eigenvalue weighted by Crippen LogP contribution is 2.31. The van der Waals surface area contributed by atoms with Gasteiger partial charge in [0.25, 0.3) is 5.54 Å². The summed E-state index contributed by atoms with van der Waals surface area (Å²) >= 11 is 4.98. The minimum absolute atomic E-state index is 0.00481. The molecule has 0 unspecified atom stereocenters. The summed E-state index contributed by atoms with van der Waals surface area (Å²) in [5.74, 6) is -2.64. The molecule has 1 saturated heterocycles. The number of aliphatic carboxylic acids is 1. The average molecular weight is 303 g/mol. The molecule has 0 bridgehead atoms. The quantitative estimate of drug-likeness (QED) is 0.462. The van der Waals surface area contributed by atoms with Gasteiger partial charge in [-0.25, -0.2) is 14.4 Å². The number of hydrogen-bond donors (Lipinski definition) is 1. The van der Waals surface area contributed by atoms with E-state index >= 15 is 0 Å². The van der Waals surface area contributed by atoms with Crippen molar-refractivity contribution in [2.75, 3.05) is 13.7 Å². The van der Waals surface area contributed by atoms with Gasteiger partial charge < -0.3 is 14.6 Å². The lowest BCUT2D eigenvalue weighted by Crippen LogP contribution is -2.63. The van der Waals surface area contributed by atoms with E-state index in [9.17, 15) is 19.5 Å². The Kier molecular flexibility index (Phi) is 4.38. The van der Waals surface area contributed by atoms with Crippen LogP contribution in [-0.2, 0) is 19.1 Å². The van der Waals surface area contributed by atoms with Crippen LogP contribution in [-0.4, -0.2) is 57.7 Å². The molecule has 20 heavy (non-hydrogen) atoms. The fourth-order valence-corrected chi connectivity index (χ4v) is 2.32. The number of ether oxygens (including phenoxy) is 2. The number of nitrogens with zero attached hydrogens (tertiary/aromatic N) is 1. The van der Waals surface area contributed by atoms with Crippen LogP contribution in [0.15, 0.2) is 0 Å². The van der Waals surface area contributed by atoms with Gasteiger partial charge in [-0.3, -0.25) is 4.90 Å². The molecular formula is C12H17NO6S. The summed E-state index contributed by atoms with van der Waals surface area (Å²) in [5.41, 5.74) is -3.10. The maximum absolute atomic E-state index is 12.1. The van der Waals surface area contributed by atoms with Crippen molar-refractivity contribution in [2.24, 2.45) is 0 Å². The Balaban J connectivity index is 3.24. The normalized spacial score (nSPS) is 22.6. The third kappa shape index (κ3) is 2.60. The molecule has 0 aliphatic carbocycles. The van der Waals surface area contributed by atoms with Crippen molar-refractivity contribution in [3.63, 3.8) is 0 Å². The fourth-order valence-electron chi connectivity index (χ4n) is 1.95. The van der Waals surface area contributed by atoms with Gasteiger partial charge in [-0.15, -0.1) is 0 Å². The SMILES string of the molecule is COC(=O)[C@@]1(C(=O)O)C(=S)CCN1C(=O)OC(C)(C)C. The second-order valence-corrected chi connectivity index (χ2v) is 5.81. The van der Waals surface area contributed by atoms with E-state index in [0.717, 1.165) is 12.0 Å². The van der Waals surface area contributed by atoms with Crippen LogP contribution in [0.1, 0.15) is 27.2 Å². The van der Waals surface area contributed by atoms with Gasteiger partial charge in [-0.1, -0.05) is 12.2 Å². The Morgan fingerprint density at radius 1 is 1.35 bits per heavy atom. The second kappa shape index (κ2) is 5.35. The van der Waals surface area contributed by atoms with Crippen LogP contribution in [0.3, 0.4) is 0 Å². The minimum Gasteiger partial charge on any atom is -0.479 e. The number of esters is 1. The fraction of sp³-hybridized carbons (Fsp3) is 0.667. The van der Waals surface area contributed by atoms with E-state index in [0.29, 0.717) is 0 Å². The number of amides is 1. The van der Waals surface area contributed by atoms with Crippen molar-refractivity contribution in [1.82, 2.24) is 4.90 Å². The molecule has 0 aromatic carbocycles. The summed E-state index contributed by atoms with van der Waals surface area (Å²) in [5, 5.41) is 9.42. The molecule has 1 aliphatic heterocycles. The molecule has 0 saturated carbocycles. The number of methoxy groups -OCH3 is 1. The Hall–Kier alpha value is -1.70. The van der Waals surface area contributed by atoms with Crippen LogP contribution in [0.25, 0.3) is 0 Å². The summed E-state index contributed by atoms with van der Waals surface area (Å²) in [6.45, 7) is 4.91. The zero-order chi connectivity index (χ0) is 15.7.